The van der Waals surface area contributed by atoms with E-state index < -0.39 is 0 Å². The molecule has 0 unspecified atom stereocenters. The highest BCUT2D eigenvalue weighted by Gasteiger charge is 2.29. The maximum absolute atomic E-state index is 5.65. The van der Waals surface area contributed by atoms with E-state index in [1.54, 1.807) is 0 Å². The second-order valence-corrected chi connectivity index (χ2v) is 2.82. The first-order valence-electron chi connectivity index (χ1n) is 2.99. The van der Waals surface area contributed by atoms with Gasteiger partial charge in [0.25, 0.3) is 0 Å². The highest BCUT2D eigenvalue weighted by Crippen LogP contribution is 2.26. The van der Waals surface area contributed by atoms with E-state index in [1.807, 2.05) is 13.8 Å². The summed E-state index contributed by atoms with van der Waals surface area (Å²) in [6.07, 6.45) is 0. The van der Waals surface area contributed by atoms with Crippen LogP contribution in [0, 0.1) is 6.92 Å². The van der Waals surface area contributed by atoms with Crippen molar-refractivity contribution in [3.05, 3.63) is 18.2 Å². The van der Waals surface area contributed by atoms with Crippen LogP contribution in [-0.2, 0) is 4.74 Å². The molecule has 0 saturated carbocycles. The molecule has 0 amide bonds. The molecule has 0 atom stereocenters. The highest BCUT2D eigenvalue weighted by atomic mass is 16.5. The molecule has 0 aromatic carbocycles. The van der Waals surface area contributed by atoms with Crippen LogP contribution in [0.15, 0.2) is 11.3 Å². The Balaban J connectivity index is 2.88. The molecule has 1 aliphatic rings. The Hall–Kier alpha value is -0.500. The van der Waals surface area contributed by atoms with Crippen molar-refractivity contribution < 1.29 is 4.74 Å². The molecule has 51 valence electrons. The fraction of sp³-hybridized carbons (Fsp3) is 0.571. The van der Waals surface area contributed by atoms with Crippen molar-refractivity contribution >= 4 is 0 Å². The standard InChI is InChI=1S/C7H12NO/c1-5-4-9-7(2,3)6(5)8/h1,4,8H2,2-3H3. The van der Waals surface area contributed by atoms with Crippen molar-refractivity contribution in [2.45, 2.75) is 19.4 Å². The Kier molecular flexibility index (Phi) is 1.28. The largest absolute Gasteiger partial charge is 0.400 e. The summed E-state index contributed by atoms with van der Waals surface area (Å²) in [4.78, 5) is 0. The van der Waals surface area contributed by atoms with Gasteiger partial charge in [-0.25, -0.2) is 0 Å². The average Bonchev–Trinajstić information content (AvgIpc) is 1.97. The van der Waals surface area contributed by atoms with Crippen molar-refractivity contribution in [1.29, 1.82) is 0 Å². The molecule has 1 radical (unpaired) electrons. The molecule has 0 aromatic heterocycles. The van der Waals surface area contributed by atoms with Gasteiger partial charge in [0.05, 0.1) is 6.61 Å². The summed E-state index contributed by atoms with van der Waals surface area (Å²) in [7, 11) is 0. The van der Waals surface area contributed by atoms with E-state index in [2.05, 4.69) is 6.92 Å². The van der Waals surface area contributed by atoms with Gasteiger partial charge < -0.3 is 10.5 Å². The summed E-state index contributed by atoms with van der Waals surface area (Å²) < 4.78 is 5.30. The van der Waals surface area contributed by atoms with Gasteiger partial charge in [0.2, 0.25) is 0 Å². The fourth-order valence-electron chi connectivity index (χ4n) is 0.849. The van der Waals surface area contributed by atoms with Crippen LogP contribution in [0.5, 0.6) is 0 Å². The van der Waals surface area contributed by atoms with Gasteiger partial charge in [0.1, 0.15) is 5.60 Å². The van der Waals surface area contributed by atoms with Gasteiger partial charge in [-0.3, -0.25) is 0 Å². The SMILES string of the molecule is [CH2]C1=C(N)C(C)(C)OC1. The third-order valence-electron chi connectivity index (χ3n) is 1.64. The first kappa shape index (κ1) is 6.62. The van der Waals surface area contributed by atoms with Crippen LogP contribution in [0.25, 0.3) is 0 Å². The maximum atomic E-state index is 5.65. The van der Waals surface area contributed by atoms with Crippen LogP contribution in [0.1, 0.15) is 13.8 Å². The van der Waals surface area contributed by atoms with Crippen LogP contribution in [0.3, 0.4) is 0 Å². The minimum Gasteiger partial charge on any atom is -0.400 e. The number of ether oxygens (including phenoxy) is 1. The van der Waals surface area contributed by atoms with E-state index in [4.69, 9.17) is 10.5 Å². The van der Waals surface area contributed by atoms with Crippen LogP contribution < -0.4 is 5.73 Å². The van der Waals surface area contributed by atoms with Crippen LogP contribution >= 0.6 is 0 Å². The van der Waals surface area contributed by atoms with Crippen LogP contribution in [0.2, 0.25) is 0 Å². The third kappa shape index (κ3) is 0.944. The normalized spacial score (nSPS) is 25.2. The summed E-state index contributed by atoms with van der Waals surface area (Å²) in [6.45, 7) is 8.22. The van der Waals surface area contributed by atoms with Crippen molar-refractivity contribution in [3.8, 4) is 0 Å². The summed E-state index contributed by atoms with van der Waals surface area (Å²) in [6, 6.07) is 0. The minimum atomic E-state index is -0.281. The molecule has 0 bridgehead atoms. The lowest BCUT2D eigenvalue weighted by atomic mass is 10.1. The Morgan fingerprint density at radius 2 is 2.22 bits per heavy atom. The quantitative estimate of drug-likeness (QED) is 0.522. The second kappa shape index (κ2) is 1.74. The smallest absolute Gasteiger partial charge is 0.102 e. The zero-order valence-electron chi connectivity index (χ0n) is 5.90. The Morgan fingerprint density at radius 1 is 1.67 bits per heavy atom. The van der Waals surface area contributed by atoms with E-state index in [9.17, 15) is 0 Å². The Morgan fingerprint density at radius 3 is 2.33 bits per heavy atom. The van der Waals surface area contributed by atoms with Gasteiger partial charge >= 0.3 is 0 Å². The molecule has 2 N–H and O–H groups in total. The van der Waals surface area contributed by atoms with E-state index in [0.717, 1.165) is 11.3 Å². The topological polar surface area (TPSA) is 35.2 Å². The maximum Gasteiger partial charge on any atom is 0.102 e. The predicted octanol–water partition coefficient (Wildman–Crippen LogP) is 0.842. The number of rotatable bonds is 0. The zero-order chi connectivity index (χ0) is 7.07. The molecule has 1 aliphatic heterocycles. The summed E-state index contributed by atoms with van der Waals surface area (Å²) >= 11 is 0. The minimum absolute atomic E-state index is 0.281. The number of hydrogen-bond acceptors (Lipinski definition) is 2. The van der Waals surface area contributed by atoms with Gasteiger partial charge in [-0.15, -0.1) is 0 Å². The molecule has 0 aliphatic carbocycles. The molecule has 1 rings (SSSR count). The highest BCUT2D eigenvalue weighted by molar-refractivity contribution is 5.26. The van der Waals surface area contributed by atoms with Gasteiger partial charge in [0.15, 0.2) is 0 Å². The van der Waals surface area contributed by atoms with E-state index in [0.29, 0.717) is 6.61 Å². The summed E-state index contributed by atoms with van der Waals surface area (Å²) in [5.74, 6) is 0. The van der Waals surface area contributed by atoms with Gasteiger partial charge in [-0.1, -0.05) is 0 Å². The molecular formula is C7H12NO. The summed E-state index contributed by atoms with van der Waals surface area (Å²) in [5, 5.41) is 0. The molecule has 2 heteroatoms. The predicted molar refractivity (Wildman–Crippen MR) is 36.6 cm³/mol. The fourth-order valence-corrected chi connectivity index (χ4v) is 0.849. The molecule has 9 heavy (non-hydrogen) atoms. The number of hydrogen-bond donors (Lipinski definition) is 1. The van der Waals surface area contributed by atoms with E-state index in [-0.39, 0.29) is 5.60 Å². The monoisotopic (exact) mass is 126 g/mol. The molecule has 0 saturated heterocycles. The third-order valence-corrected chi connectivity index (χ3v) is 1.64. The molecule has 0 spiro atoms. The zero-order valence-corrected chi connectivity index (χ0v) is 5.90. The molecular weight excluding hydrogens is 114 g/mol. The Labute approximate surface area is 55.7 Å². The van der Waals surface area contributed by atoms with Crippen molar-refractivity contribution in [1.82, 2.24) is 0 Å². The lowest BCUT2D eigenvalue weighted by Crippen LogP contribution is -2.26. The molecule has 1 heterocycles. The Bertz CT molecular complexity index is 158. The average molecular weight is 126 g/mol. The first-order chi connectivity index (χ1) is 4.04. The van der Waals surface area contributed by atoms with Gasteiger partial charge in [-0.05, 0) is 26.3 Å². The molecule has 0 fully saturated rings. The van der Waals surface area contributed by atoms with Gasteiger partial charge in [0, 0.05) is 5.70 Å². The lowest BCUT2D eigenvalue weighted by Gasteiger charge is -2.18. The van der Waals surface area contributed by atoms with E-state index >= 15 is 0 Å². The van der Waals surface area contributed by atoms with Crippen molar-refractivity contribution in [3.63, 3.8) is 0 Å². The van der Waals surface area contributed by atoms with Crippen molar-refractivity contribution in [2.75, 3.05) is 6.61 Å². The molecule has 2 nitrogen and oxygen atoms in total. The lowest BCUT2D eigenvalue weighted by molar-refractivity contribution is 0.0480. The summed E-state index contributed by atoms with van der Waals surface area (Å²) in [5.41, 5.74) is 7.06. The van der Waals surface area contributed by atoms with Crippen molar-refractivity contribution in [2.24, 2.45) is 5.73 Å². The van der Waals surface area contributed by atoms with Gasteiger partial charge in [-0.2, -0.15) is 0 Å². The van der Waals surface area contributed by atoms with Crippen LogP contribution in [-0.4, -0.2) is 12.2 Å². The van der Waals surface area contributed by atoms with E-state index in [1.165, 1.54) is 0 Å². The first-order valence-corrected chi connectivity index (χ1v) is 2.99. The van der Waals surface area contributed by atoms with Crippen LogP contribution in [0.4, 0.5) is 0 Å². The molecule has 0 aromatic rings. The second-order valence-electron chi connectivity index (χ2n) is 2.82. The number of nitrogens with two attached hydrogens (primary N) is 1.